The Morgan fingerprint density at radius 1 is 1.55 bits per heavy atom. The fourth-order valence-corrected chi connectivity index (χ4v) is 2.84. The predicted molar refractivity (Wildman–Crippen MR) is 80.7 cm³/mol. The van der Waals surface area contributed by atoms with E-state index in [1.807, 2.05) is 0 Å². The van der Waals surface area contributed by atoms with Crippen LogP contribution in [0, 0.1) is 6.92 Å². The quantitative estimate of drug-likeness (QED) is 0.832. The molecule has 0 spiro atoms. The minimum Gasteiger partial charge on any atom is -0.465 e. The van der Waals surface area contributed by atoms with Crippen molar-refractivity contribution in [2.45, 2.75) is 26.7 Å². The molecule has 1 N–H and O–H groups in total. The van der Waals surface area contributed by atoms with E-state index in [4.69, 9.17) is 4.42 Å². The third-order valence-corrected chi connectivity index (χ3v) is 3.92. The SMILES string of the molecule is CCc1nc(CCNC(=O)/C=C\c2ccco2)sc1C. The topological polar surface area (TPSA) is 55.1 Å². The molecule has 20 heavy (non-hydrogen) atoms. The van der Waals surface area contributed by atoms with E-state index in [-0.39, 0.29) is 5.91 Å². The average Bonchev–Trinajstić information content (AvgIpc) is 3.06. The highest BCUT2D eigenvalue weighted by Crippen LogP contribution is 2.17. The van der Waals surface area contributed by atoms with E-state index in [9.17, 15) is 4.79 Å². The molecule has 0 fully saturated rings. The minimum absolute atomic E-state index is 0.120. The van der Waals surface area contributed by atoms with Crippen LogP contribution < -0.4 is 5.32 Å². The zero-order valence-electron chi connectivity index (χ0n) is 11.7. The number of amides is 1. The summed E-state index contributed by atoms with van der Waals surface area (Å²) in [5.41, 5.74) is 1.16. The largest absolute Gasteiger partial charge is 0.465 e. The number of furan rings is 1. The second kappa shape index (κ2) is 7.05. The number of nitrogens with zero attached hydrogens (tertiary/aromatic N) is 1. The molecule has 0 aliphatic carbocycles. The number of hydrogen-bond acceptors (Lipinski definition) is 4. The molecule has 0 aromatic carbocycles. The Labute approximate surface area is 122 Å². The first-order valence-electron chi connectivity index (χ1n) is 6.63. The maximum atomic E-state index is 11.6. The van der Waals surface area contributed by atoms with E-state index < -0.39 is 0 Å². The first-order valence-corrected chi connectivity index (χ1v) is 7.45. The van der Waals surface area contributed by atoms with Gasteiger partial charge in [-0.1, -0.05) is 6.92 Å². The second-order valence-corrected chi connectivity index (χ2v) is 5.64. The molecule has 0 bridgehead atoms. The number of rotatable bonds is 6. The Balaban J connectivity index is 1.76. The van der Waals surface area contributed by atoms with Crippen LogP contribution in [-0.4, -0.2) is 17.4 Å². The van der Waals surface area contributed by atoms with Crippen molar-refractivity contribution in [3.8, 4) is 0 Å². The summed E-state index contributed by atoms with van der Waals surface area (Å²) < 4.78 is 5.11. The van der Waals surface area contributed by atoms with Crippen molar-refractivity contribution >= 4 is 23.3 Å². The van der Waals surface area contributed by atoms with Gasteiger partial charge in [-0.05, 0) is 31.6 Å². The van der Waals surface area contributed by atoms with Crippen molar-refractivity contribution in [3.05, 3.63) is 45.8 Å². The summed E-state index contributed by atoms with van der Waals surface area (Å²) in [6.07, 6.45) is 6.43. The van der Waals surface area contributed by atoms with Crippen molar-refractivity contribution in [2.75, 3.05) is 6.54 Å². The van der Waals surface area contributed by atoms with Crippen molar-refractivity contribution in [3.63, 3.8) is 0 Å². The van der Waals surface area contributed by atoms with Gasteiger partial charge in [-0.3, -0.25) is 4.79 Å². The van der Waals surface area contributed by atoms with Gasteiger partial charge in [0.25, 0.3) is 0 Å². The summed E-state index contributed by atoms with van der Waals surface area (Å²) in [4.78, 5) is 17.4. The fourth-order valence-electron chi connectivity index (χ4n) is 1.82. The van der Waals surface area contributed by atoms with Gasteiger partial charge >= 0.3 is 0 Å². The van der Waals surface area contributed by atoms with Crippen LogP contribution in [0.25, 0.3) is 6.08 Å². The molecule has 106 valence electrons. The molecular weight excluding hydrogens is 272 g/mol. The van der Waals surface area contributed by atoms with E-state index in [1.165, 1.54) is 11.0 Å². The van der Waals surface area contributed by atoms with Crippen molar-refractivity contribution in [2.24, 2.45) is 0 Å². The Bertz CT molecular complexity index is 585. The monoisotopic (exact) mass is 290 g/mol. The Morgan fingerprint density at radius 3 is 3.05 bits per heavy atom. The van der Waals surface area contributed by atoms with Crippen LogP contribution in [0.5, 0.6) is 0 Å². The first kappa shape index (κ1) is 14.5. The molecule has 0 radical (unpaired) electrons. The zero-order valence-corrected chi connectivity index (χ0v) is 12.5. The molecule has 1 amide bonds. The van der Waals surface area contributed by atoms with Gasteiger partial charge in [-0.25, -0.2) is 4.98 Å². The smallest absolute Gasteiger partial charge is 0.244 e. The lowest BCUT2D eigenvalue weighted by atomic mass is 10.3. The number of thiazole rings is 1. The van der Waals surface area contributed by atoms with E-state index in [2.05, 4.69) is 24.1 Å². The lowest BCUT2D eigenvalue weighted by Gasteiger charge is -1.99. The van der Waals surface area contributed by atoms with Gasteiger partial charge in [0.05, 0.1) is 17.0 Å². The molecule has 2 rings (SSSR count). The molecule has 0 atom stereocenters. The third-order valence-electron chi connectivity index (χ3n) is 2.85. The molecule has 2 aromatic heterocycles. The van der Waals surface area contributed by atoms with E-state index in [0.717, 1.165) is 23.5 Å². The van der Waals surface area contributed by atoms with Crippen LogP contribution in [0.4, 0.5) is 0 Å². The van der Waals surface area contributed by atoms with E-state index in [1.54, 1.807) is 35.8 Å². The van der Waals surface area contributed by atoms with Crippen molar-refractivity contribution in [1.29, 1.82) is 0 Å². The highest BCUT2D eigenvalue weighted by Gasteiger charge is 2.05. The molecule has 0 saturated heterocycles. The maximum absolute atomic E-state index is 11.6. The zero-order chi connectivity index (χ0) is 14.4. The van der Waals surface area contributed by atoms with Crippen LogP contribution >= 0.6 is 11.3 Å². The van der Waals surface area contributed by atoms with Crippen LogP contribution in [0.15, 0.2) is 28.9 Å². The molecule has 4 nitrogen and oxygen atoms in total. The van der Waals surface area contributed by atoms with Crippen LogP contribution in [0.2, 0.25) is 0 Å². The van der Waals surface area contributed by atoms with Gasteiger partial charge in [0.1, 0.15) is 5.76 Å². The summed E-state index contributed by atoms with van der Waals surface area (Å²) in [6, 6.07) is 3.59. The number of hydrogen-bond donors (Lipinski definition) is 1. The van der Waals surface area contributed by atoms with Gasteiger partial charge in [-0.2, -0.15) is 0 Å². The van der Waals surface area contributed by atoms with Gasteiger partial charge in [0.2, 0.25) is 5.91 Å². The van der Waals surface area contributed by atoms with Gasteiger partial charge < -0.3 is 9.73 Å². The molecule has 0 saturated carbocycles. The van der Waals surface area contributed by atoms with Crippen molar-refractivity contribution < 1.29 is 9.21 Å². The molecule has 0 aliphatic rings. The highest BCUT2D eigenvalue weighted by molar-refractivity contribution is 7.11. The summed E-state index contributed by atoms with van der Waals surface area (Å²) in [6.45, 7) is 4.79. The third kappa shape index (κ3) is 4.06. The van der Waals surface area contributed by atoms with Crippen molar-refractivity contribution in [1.82, 2.24) is 10.3 Å². The number of nitrogens with one attached hydrogen (secondary N) is 1. The first-order chi connectivity index (χ1) is 9.69. The van der Waals surface area contributed by atoms with E-state index in [0.29, 0.717) is 12.3 Å². The number of carbonyl (C=O) groups is 1. The molecule has 0 aliphatic heterocycles. The Morgan fingerprint density at radius 2 is 2.40 bits per heavy atom. The normalized spacial score (nSPS) is 11.1. The second-order valence-electron chi connectivity index (χ2n) is 4.35. The fraction of sp³-hybridized carbons (Fsp3) is 0.333. The maximum Gasteiger partial charge on any atom is 0.244 e. The Kier molecular flexibility index (Phi) is 5.12. The molecule has 2 aromatic rings. The molecular formula is C15H18N2O2S. The lowest BCUT2D eigenvalue weighted by molar-refractivity contribution is -0.116. The van der Waals surface area contributed by atoms with Gasteiger partial charge in [0, 0.05) is 23.9 Å². The lowest BCUT2D eigenvalue weighted by Crippen LogP contribution is -2.23. The number of aryl methyl sites for hydroxylation is 2. The standard InChI is InChI=1S/C15H18N2O2S/c1-3-13-11(2)20-15(17-13)8-9-16-14(18)7-6-12-5-4-10-19-12/h4-7,10H,3,8-9H2,1-2H3,(H,16,18)/b7-6-. The number of carbonyl (C=O) groups excluding carboxylic acids is 1. The van der Waals surface area contributed by atoms with Crippen LogP contribution in [-0.2, 0) is 17.6 Å². The Hall–Kier alpha value is -1.88. The van der Waals surface area contributed by atoms with Crippen LogP contribution in [0.1, 0.15) is 28.3 Å². The predicted octanol–water partition coefficient (Wildman–Crippen LogP) is 2.98. The summed E-state index contributed by atoms with van der Waals surface area (Å²) in [5.74, 6) is 0.550. The van der Waals surface area contributed by atoms with Crippen LogP contribution in [0.3, 0.4) is 0 Å². The highest BCUT2D eigenvalue weighted by atomic mass is 32.1. The van der Waals surface area contributed by atoms with E-state index >= 15 is 0 Å². The number of aromatic nitrogens is 1. The average molecular weight is 290 g/mol. The molecule has 0 unspecified atom stereocenters. The van der Waals surface area contributed by atoms with Gasteiger partial charge in [-0.15, -0.1) is 11.3 Å². The summed E-state index contributed by atoms with van der Waals surface area (Å²) >= 11 is 1.71. The summed E-state index contributed by atoms with van der Waals surface area (Å²) in [7, 11) is 0. The molecule has 2 heterocycles. The van der Waals surface area contributed by atoms with Gasteiger partial charge in [0.15, 0.2) is 0 Å². The summed E-state index contributed by atoms with van der Waals surface area (Å²) in [5, 5.41) is 3.92. The molecule has 5 heteroatoms. The minimum atomic E-state index is -0.120.